The molecular formula is C15H20N4O. The summed E-state index contributed by atoms with van der Waals surface area (Å²) in [6.45, 7) is 5.30. The Morgan fingerprint density at radius 2 is 2.20 bits per heavy atom. The van der Waals surface area contributed by atoms with Crippen molar-refractivity contribution < 1.29 is 0 Å². The van der Waals surface area contributed by atoms with E-state index in [0.29, 0.717) is 24.8 Å². The highest BCUT2D eigenvalue weighted by Crippen LogP contribution is 2.13. The summed E-state index contributed by atoms with van der Waals surface area (Å²) >= 11 is 0. The lowest BCUT2D eigenvalue weighted by atomic mass is 10.2. The van der Waals surface area contributed by atoms with Crippen LogP contribution in [0.3, 0.4) is 0 Å². The normalized spacial score (nSPS) is 10.8. The zero-order valence-corrected chi connectivity index (χ0v) is 11.8. The molecule has 0 amide bonds. The minimum absolute atomic E-state index is 0.112. The summed E-state index contributed by atoms with van der Waals surface area (Å²) < 4.78 is 1.67. The first-order valence-electron chi connectivity index (χ1n) is 6.71. The fourth-order valence-corrected chi connectivity index (χ4v) is 1.98. The molecule has 106 valence electrons. The lowest BCUT2D eigenvalue weighted by Crippen LogP contribution is -2.25. The van der Waals surface area contributed by atoms with Gasteiger partial charge in [0.1, 0.15) is 0 Å². The molecule has 0 saturated carbocycles. The van der Waals surface area contributed by atoms with Gasteiger partial charge in [-0.3, -0.25) is 4.79 Å². The van der Waals surface area contributed by atoms with Crippen LogP contribution in [0.2, 0.25) is 0 Å². The van der Waals surface area contributed by atoms with Gasteiger partial charge in [-0.1, -0.05) is 26.0 Å². The Hall–Kier alpha value is -2.14. The Morgan fingerprint density at radius 3 is 2.90 bits per heavy atom. The van der Waals surface area contributed by atoms with E-state index in [1.165, 1.54) is 0 Å². The Balaban J connectivity index is 2.27. The van der Waals surface area contributed by atoms with E-state index in [2.05, 4.69) is 24.1 Å². The van der Waals surface area contributed by atoms with Gasteiger partial charge in [-0.05, 0) is 23.6 Å². The zero-order chi connectivity index (χ0) is 14.5. The van der Waals surface area contributed by atoms with Gasteiger partial charge in [0.15, 0.2) is 5.82 Å². The summed E-state index contributed by atoms with van der Waals surface area (Å²) in [5.74, 6) is 0.742. The average molecular weight is 272 g/mol. The number of aromatic nitrogens is 2. The summed E-state index contributed by atoms with van der Waals surface area (Å²) in [6.07, 6.45) is 3.35. The number of anilines is 2. The van der Waals surface area contributed by atoms with Crippen LogP contribution in [-0.4, -0.2) is 9.55 Å². The quantitative estimate of drug-likeness (QED) is 0.874. The number of nitrogens with one attached hydrogen (secondary N) is 1. The molecule has 1 aromatic heterocycles. The number of nitrogens with zero attached hydrogens (tertiary/aromatic N) is 2. The Morgan fingerprint density at radius 1 is 1.40 bits per heavy atom. The van der Waals surface area contributed by atoms with Gasteiger partial charge in [0.05, 0.1) is 0 Å². The van der Waals surface area contributed by atoms with Crippen molar-refractivity contribution in [1.82, 2.24) is 9.55 Å². The molecule has 0 saturated heterocycles. The molecule has 1 aromatic carbocycles. The fourth-order valence-electron chi connectivity index (χ4n) is 1.98. The van der Waals surface area contributed by atoms with Crippen LogP contribution in [-0.2, 0) is 13.1 Å². The molecule has 0 aliphatic rings. The molecule has 0 aliphatic carbocycles. The third-order valence-electron chi connectivity index (χ3n) is 2.90. The van der Waals surface area contributed by atoms with Gasteiger partial charge < -0.3 is 15.6 Å². The number of nitrogens with two attached hydrogens (primary N) is 1. The van der Waals surface area contributed by atoms with Crippen LogP contribution in [0.5, 0.6) is 0 Å². The van der Waals surface area contributed by atoms with E-state index in [4.69, 9.17) is 5.73 Å². The topological polar surface area (TPSA) is 72.9 Å². The van der Waals surface area contributed by atoms with Gasteiger partial charge in [0, 0.05) is 31.2 Å². The molecule has 0 atom stereocenters. The largest absolute Gasteiger partial charge is 0.336 e. The van der Waals surface area contributed by atoms with Crippen molar-refractivity contribution in [3.63, 3.8) is 0 Å². The maximum Gasteiger partial charge on any atom is 0.293 e. The van der Waals surface area contributed by atoms with Crippen molar-refractivity contribution in [2.24, 2.45) is 11.7 Å². The maximum absolute atomic E-state index is 12.3. The van der Waals surface area contributed by atoms with E-state index >= 15 is 0 Å². The first-order chi connectivity index (χ1) is 9.60. The van der Waals surface area contributed by atoms with Crippen LogP contribution in [0.1, 0.15) is 19.4 Å². The molecular weight excluding hydrogens is 252 g/mol. The average Bonchev–Trinajstić information content (AvgIpc) is 2.43. The monoisotopic (exact) mass is 272 g/mol. The molecule has 3 N–H and O–H groups in total. The van der Waals surface area contributed by atoms with Crippen molar-refractivity contribution >= 4 is 11.5 Å². The van der Waals surface area contributed by atoms with Crippen LogP contribution in [0.25, 0.3) is 0 Å². The Bertz CT molecular complexity index is 634. The third-order valence-corrected chi connectivity index (χ3v) is 2.90. The predicted molar refractivity (Wildman–Crippen MR) is 81.0 cm³/mol. The zero-order valence-electron chi connectivity index (χ0n) is 11.8. The molecule has 0 bridgehead atoms. The Kier molecular flexibility index (Phi) is 4.53. The van der Waals surface area contributed by atoms with E-state index in [9.17, 15) is 4.79 Å². The second-order valence-electron chi connectivity index (χ2n) is 5.16. The molecule has 5 heteroatoms. The minimum atomic E-state index is -0.112. The van der Waals surface area contributed by atoms with Crippen LogP contribution in [0.4, 0.5) is 11.5 Å². The van der Waals surface area contributed by atoms with Gasteiger partial charge in [0.25, 0.3) is 5.56 Å². The molecule has 0 aliphatic heterocycles. The van der Waals surface area contributed by atoms with Crippen LogP contribution in [0, 0.1) is 5.92 Å². The molecule has 0 radical (unpaired) electrons. The van der Waals surface area contributed by atoms with Gasteiger partial charge >= 0.3 is 0 Å². The highest BCUT2D eigenvalue weighted by Gasteiger charge is 2.06. The van der Waals surface area contributed by atoms with Crippen LogP contribution in [0.15, 0.2) is 41.5 Å². The number of rotatable bonds is 5. The van der Waals surface area contributed by atoms with E-state index < -0.39 is 0 Å². The summed E-state index contributed by atoms with van der Waals surface area (Å²) in [5.41, 5.74) is 7.33. The first kappa shape index (κ1) is 14.3. The van der Waals surface area contributed by atoms with Gasteiger partial charge in [-0.25, -0.2) is 4.98 Å². The SMILES string of the molecule is CC(C)Cn1ccnc(Nc2cccc(CN)c2)c1=O. The minimum Gasteiger partial charge on any atom is -0.336 e. The number of hydrogen-bond donors (Lipinski definition) is 2. The lowest BCUT2D eigenvalue weighted by Gasteiger charge is -2.11. The van der Waals surface area contributed by atoms with Crippen molar-refractivity contribution in [1.29, 1.82) is 0 Å². The second kappa shape index (κ2) is 6.34. The van der Waals surface area contributed by atoms with E-state index in [-0.39, 0.29) is 5.56 Å². The van der Waals surface area contributed by atoms with Gasteiger partial charge in [-0.2, -0.15) is 0 Å². The van der Waals surface area contributed by atoms with Crippen molar-refractivity contribution in [3.8, 4) is 0 Å². The van der Waals surface area contributed by atoms with Crippen molar-refractivity contribution in [2.45, 2.75) is 26.9 Å². The van der Waals surface area contributed by atoms with Crippen LogP contribution >= 0.6 is 0 Å². The fraction of sp³-hybridized carbons (Fsp3) is 0.333. The van der Waals surface area contributed by atoms with Crippen molar-refractivity contribution in [3.05, 3.63) is 52.6 Å². The van der Waals surface area contributed by atoms with Gasteiger partial charge in [0.2, 0.25) is 0 Å². The molecule has 2 aromatic rings. The van der Waals surface area contributed by atoms with E-state index in [1.54, 1.807) is 17.0 Å². The van der Waals surface area contributed by atoms with Gasteiger partial charge in [-0.15, -0.1) is 0 Å². The highest BCUT2D eigenvalue weighted by molar-refractivity contribution is 5.56. The predicted octanol–water partition coefficient (Wildman–Crippen LogP) is 2.10. The molecule has 0 unspecified atom stereocenters. The Labute approximate surface area is 118 Å². The smallest absolute Gasteiger partial charge is 0.293 e. The lowest BCUT2D eigenvalue weighted by molar-refractivity contribution is 0.510. The third kappa shape index (κ3) is 3.45. The highest BCUT2D eigenvalue weighted by atomic mass is 16.1. The summed E-state index contributed by atoms with van der Waals surface area (Å²) in [4.78, 5) is 16.4. The molecule has 0 spiro atoms. The summed E-state index contributed by atoms with van der Waals surface area (Å²) in [7, 11) is 0. The number of benzene rings is 1. The van der Waals surface area contributed by atoms with E-state index in [0.717, 1.165) is 11.3 Å². The first-order valence-corrected chi connectivity index (χ1v) is 6.71. The molecule has 20 heavy (non-hydrogen) atoms. The summed E-state index contributed by atoms with van der Waals surface area (Å²) in [6, 6.07) is 7.65. The maximum atomic E-state index is 12.3. The van der Waals surface area contributed by atoms with Crippen LogP contribution < -0.4 is 16.6 Å². The standard InChI is InChI=1S/C15H20N4O/c1-11(2)10-19-7-6-17-14(15(19)20)18-13-5-3-4-12(8-13)9-16/h3-8,11H,9-10,16H2,1-2H3,(H,17,18). The number of hydrogen-bond acceptors (Lipinski definition) is 4. The molecule has 1 heterocycles. The van der Waals surface area contributed by atoms with E-state index in [1.807, 2.05) is 24.3 Å². The molecule has 2 rings (SSSR count). The summed E-state index contributed by atoms with van der Waals surface area (Å²) in [5, 5.41) is 3.06. The molecule has 5 nitrogen and oxygen atoms in total. The van der Waals surface area contributed by atoms with Crippen molar-refractivity contribution in [2.75, 3.05) is 5.32 Å². The molecule has 0 fully saturated rings. The second-order valence-corrected chi connectivity index (χ2v) is 5.16.